The fourth-order valence-corrected chi connectivity index (χ4v) is 4.56. The van der Waals surface area contributed by atoms with E-state index in [1.807, 2.05) is 52.8 Å². The van der Waals surface area contributed by atoms with Crippen LogP contribution in [0.4, 0.5) is 0 Å². The van der Waals surface area contributed by atoms with Crippen molar-refractivity contribution in [1.29, 1.82) is 0 Å². The molecule has 2 aromatic carbocycles. The third kappa shape index (κ3) is 5.15. The highest BCUT2D eigenvalue weighted by Gasteiger charge is 2.26. The summed E-state index contributed by atoms with van der Waals surface area (Å²) in [5, 5.41) is 10.0. The molecule has 4 N–H and O–H groups in total. The molecule has 2 aromatic heterocycles. The molecule has 2 heterocycles. The van der Waals surface area contributed by atoms with Crippen LogP contribution < -0.4 is 10.3 Å². The van der Waals surface area contributed by atoms with Crippen LogP contribution >= 0.6 is 0 Å². The van der Waals surface area contributed by atoms with E-state index < -0.39 is 11.6 Å². The Labute approximate surface area is 214 Å². The van der Waals surface area contributed by atoms with E-state index in [1.165, 1.54) is 17.7 Å². The Morgan fingerprint density at radius 3 is 2.27 bits per heavy atom. The molecule has 4 aromatic rings. The molecule has 0 bridgehead atoms. The SMILES string of the molecule is COOC(C)(C)c1ccc(Oc2c(C)cc(C)cc2C)c(-c2cn(C)c(=O)c3[nH]c(C(=O)O)cc23)c1.O. The average Bonchev–Trinajstić information content (AvgIpc) is 3.25. The lowest BCUT2D eigenvalue weighted by molar-refractivity contribution is -0.340. The first-order valence-electron chi connectivity index (χ1n) is 11.5. The second-order valence-electron chi connectivity index (χ2n) is 9.54. The Hall–Kier alpha value is -3.92. The number of carboxylic acid groups (broad SMARTS) is 1. The van der Waals surface area contributed by atoms with Crippen LogP contribution in [0.5, 0.6) is 11.5 Å². The predicted octanol–water partition coefficient (Wildman–Crippen LogP) is 4.94. The van der Waals surface area contributed by atoms with Crippen LogP contribution in [0.25, 0.3) is 22.0 Å². The fraction of sp³-hybridized carbons (Fsp3) is 0.286. The van der Waals surface area contributed by atoms with Gasteiger partial charge in [-0.1, -0.05) is 23.8 Å². The molecule has 9 nitrogen and oxygen atoms in total. The monoisotopic (exact) mass is 508 g/mol. The number of nitrogens with zero attached hydrogens (tertiary/aromatic N) is 1. The molecule has 4 rings (SSSR count). The molecule has 0 aliphatic rings. The molecular formula is C28H32N2O7. The first-order valence-corrected chi connectivity index (χ1v) is 11.5. The minimum atomic E-state index is -1.15. The number of carbonyl (C=O) groups is 1. The maximum atomic E-state index is 12.8. The van der Waals surface area contributed by atoms with Crippen molar-refractivity contribution in [3.05, 3.63) is 80.9 Å². The van der Waals surface area contributed by atoms with E-state index in [0.717, 1.165) is 28.0 Å². The first-order chi connectivity index (χ1) is 16.9. The number of aryl methyl sites for hydroxylation is 4. The molecule has 37 heavy (non-hydrogen) atoms. The molecule has 0 saturated carbocycles. The van der Waals surface area contributed by atoms with Crippen molar-refractivity contribution < 1.29 is 29.9 Å². The van der Waals surface area contributed by atoms with E-state index in [1.54, 1.807) is 13.2 Å². The number of carboxylic acids is 1. The third-order valence-electron chi connectivity index (χ3n) is 6.27. The lowest BCUT2D eigenvalue weighted by Crippen LogP contribution is -2.21. The number of H-pyrrole nitrogens is 1. The molecular weight excluding hydrogens is 476 g/mol. The standard InChI is InChI=1S/C28H30N2O6.H2O/c1-15-10-16(2)25(17(3)11-15)35-23-9-8-18(28(4,5)36-34-7)12-19(23)21-14-30(6)26(31)24-20(21)13-22(29-24)27(32)33;/h8-14,29H,1-7H3,(H,32,33);1H2. The number of aromatic nitrogens is 2. The normalized spacial score (nSPS) is 11.4. The number of hydrogen-bond acceptors (Lipinski definition) is 5. The topological polar surface area (TPSA) is 134 Å². The van der Waals surface area contributed by atoms with E-state index >= 15 is 0 Å². The van der Waals surface area contributed by atoms with Crippen LogP contribution in [-0.4, -0.2) is 33.2 Å². The van der Waals surface area contributed by atoms with E-state index in [-0.39, 0.29) is 22.2 Å². The Kier molecular flexibility index (Phi) is 7.64. The summed E-state index contributed by atoms with van der Waals surface area (Å²) in [5.41, 5.74) is 4.27. The van der Waals surface area contributed by atoms with E-state index in [9.17, 15) is 14.7 Å². The maximum Gasteiger partial charge on any atom is 0.352 e. The van der Waals surface area contributed by atoms with Gasteiger partial charge in [-0.25, -0.2) is 14.6 Å². The van der Waals surface area contributed by atoms with Crippen LogP contribution in [0.2, 0.25) is 0 Å². The molecule has 0 spiro atoms. The number of hydrogen-bond donors (Lipinski definition) is 2. The Morgan fingerprint density at radius 1 is 1.03 bits per heavy atom. The van der Waals surface area contributed by atoms with Crippen LogP contribution in [0, 0.1) is 20.8 Å². The van der Waals surface area contributed by atoms with Crippen molar-refractivity contribution in [2.75, 3.05) is 7.11 Å². The summed E-state index contributed by atoms with van der Waals surface area (Å²) in [6.45, 7) is 9.78. The number of ether oxygens (including phenoxy) is 1. The summed E-state index contributed by atoms with van der Waals surface area (Å²) in [7, 11) is 3.08. The molecule has 196 valence electrons. The summed E-state index contributed by atoms with van der Waals surface area (Å²) in [4.78, 5) is 37.7. The predicted molar refractivity (Wildman–Crippen MR) is 141 cm³/mol. The zero-order valence-corrected chi connectivity index (χ0v) is 22.0. The van der Waals surface area contributed by atoms with Crippen LogP contribution in [0.3, 0.4) is 0 Å². The number of aromatic amines is 1. The molecule has 0 aliphatic heterocycles. The number of aromatic carboxylic acids is 1. The largest absolute Gasteiger partial charge is 0.477 e. The van der Waals surface area contributed by atoms with Crippen molar-refractivity contribution in [3.8, 4) is 22.6 Å². The fourth-order valence-electron chi connectivity index (χ4n) is 4.56. The van der Waals surface area contributed by atoms with Crippen molar-refractivity contribution in [2.24, 2.45) is 7.05 Å². The highest BCUT2D eigenvalue weighted by Crippen LogP contribution is 2.41. The van der Waals surface area contributed by atoms with Crippen molar-refractivity contribution in [3.63, 3.8) is 0 Å². The third-order valence-corrected chi connectivity index (χ3v) is 6.27. The Bertz CT molecular complexity index is 1520. The van der Waals surface area contributed by atoms with Gasteiger partial charge in [0.05, 0.1) is 7.11 Å². The molecule has 9 heteroatoms. The van der Waals surface area contributed by atoms with Crippen molar-refractivity contribution in [2.45, 2.75) is 40.2 Å². The van der Waals surface area contributed by atoms with Gasteiger partial charge in [0, 0.05) is 29.8 Å². The second-order valence-corrected chi connectivity index (χ2v) is 9.54. The van der Waals surface area contributed by atoms with Gasteiger partial charge in [-0.3, -0.25) is 4.79 Å². The minimum Gasteiger partial charge on any atom is -0.477 e. The maximum absolute atomic E-state index is 12.8. The average molecular weight is 509 g/mol. The number of nitrogens with one attached hydrogen (secondary N) is 1. The van der Waals surface area contributed by atoms with Crippen LogP contribution in [0.1, 0.15) is 46.6 Å². The van der Waals surface area contributed by atoms with Gasteiger partial charge in [0.15, 0.2) is 0 Å². The zero-order chi connectivity index (χ0) is 26.4. The number of benzene rings is 2. The lowest BCUT2D eigenvalue weighted by atomic mass is 9.93. The van der Waals surface area contributed by atoms with Gasteiger partial charge in [0.2, 0.25) is 0 Å². The van der Waals surface area contributed by atoms with Gasteiger partial charge in [-0.05, 0) is 69.5 Å². The summed E-state index contributed by atoms with van der Waals surface area (Å²) in [5.74, 6) is 0.147. The number of pyridine rings is 1. The van der Waals surface area contributed by atoms with E-state index in [4.69, 9.17) is 14.5 Å². The summed E-state index contributed by atoms with van der Waals surface area (Å²) in [6.07, 6.45) is 1.69. The Balaban J connectivity index is 0.00000380. The van der Waals surface area contributed by atoms with Crippen LogP contribution in [0.15, 0.2) is 47.4 Å². The summed E-state index contributed by atoms with van der Waals surface area (Å²) >= 11 is 0. The van der Waals surface area contributed by atoms with E-state index in [0.29, 0.717) is 22.3 Å². The lowest BCUT2D eigenvalue weighted by Gasteiger charge is -2.25. The van der Waals surface area contributed by atoms with Gasteiger partial charge in [-0.2, -0.15) is 0 Å². The van der Waals surface area contributed by atoms with Gasteiger partial charge >= 0.3 is 5.97 Å². The molecule has 0 fully saturated rings. The molecule has 0 aliphatic carbocycles. The molecule has 0 radical (unpaired) electrons. The summed E-state index contributed by atoms with van der Waals surface area (Å²) < 4.78 is 7.92. The van der Waals surface area contributed by atoms with Gasteiger partial charge in [0.1, 0.15) is 28.3 Å². The molecule has 0 atom stereocenters. The van der Waals surface area contributed by atoms with Crippen molar-refractivity contribution in [1.82, 2.24) is 9.55 Å². The molecule has 0 saturated heterocycles. The van der Waals surface area contributed by atoms with Gasteiger partial charge in [0.25, 0.3) is 5.56 Å². The first kappa shape index (κ1) is 27.7. The van der Waals surface area contributed by atoms with Crippen LogP contribution in [-0.2, 0) is 22.4 Å². The smallest absolute Gasteiger partial charge is 0.352 e. The summed E-state index contributed by atoms with van der Waals surface area (Å²) in [6, 6.07) is 11.3. The molecule has 0 amide bonds. The minimum absolute atomic E-state index is 0. The van der Waals surface area contributed by atoms with Gasteiger partial charge < -0.3 is 24.9 Å². The zero-order valence-electron chi connectivity index (χ0n) is 22.0. The van der Waals surface area contributed by atoms with E-state index in [2.05, 4.69) is 17.1 Å². The molecule has 0 unspecified atom stereocenters. The van der Waals surface area contributed by atoms with Gasteiger partial charge in [-0.15, -0.1) is 0 Å². The number of rotatable bonds is 7. The number of fused-ring (bicyclic) bond motifs is 1. The Morgan fingerprint density at radius 2 is 1.68 bits per heavy atom. The highest BCUT2D eigenvalue weighted by molar-refractivity contribution is 6.01. The quantitative estimate of drug-likeness (QED) is 0.268. The second kappa shape index (κ2) is 10.2. The highest BCUT2D eigenvalue weighted by atomic mass is 17.2. The van der Waals surface area contributed by atoms with Crippen molar-refractivity contribution >= 4 is 16.9 Å².